The Labute approximate surface area is 106 Å². The van der Waals surface area contributed by atoms with E-state index < -0.39 is 6.10 Å². The highest BCUT2D eigenvalue weighted by Crippen LogP contribution is 2.37. The van der Waals surface area contributed by atoms with Crippen LogP contribution in [-0.4, -0.2) is 24.4 Å². The number of rotatable bonds is 5. The molecular formula is C13H18N4O. The van der Waals surface area contributed by atoms with Crippen molar-refractivity contribution in [2.24, 2.45) is 7.05 Å². The fraction of sp³-hybridized carbons (Fsp3) is 0.538. The second kappa shape index (κ2) is 4.57. The third-order valence-electron chi connectivity index (χ3n) is 3.57. The Morgan fingerprint density at radius 3 is 3.00 bits per heavy atom. The molecule has 1 N–H and O–H groups in total. The second-order valence-corrected chi connectivity index (χ2v) is 4.96. The van der Waals surface area contributed by atoms with Crippen LogP contribution in [0.3, 0.4) is 0 Å². The number of hydrogen-bond donors (Lipinski definition) is 1. The number of nitrogens with zero attached hydrogens (tertiary/aromatic N) is 4. The minimum atomic E-state index is -0.442. The second-order valence-electron chi connectivity index (χ2n) is 4.96. The van der Waals surface area contributed by atoms with Gasteiger partial charge in [0.2, 0.25) is 0 Å². The van der Waals surface area contributed by atoms with Gasteiger partial charge in [0.05, 0.1) is 24.3 Å². The van der Waals surface area contributed by atoms with Gasteiger partial charge in [-0.15, -0.1) is 0 Å². The van der Waals surface area contributed by atoms with E-state index in [2.05, 4.69) is 14.6 Å². The van der Waals surface area contributed by atoms with E-state index >= 15 is 0 Å². The van der Waals surface area contributed by atoms with E-state index in [1.807, 2.05) is 24.1 Å². The normalized spacial score (nSPS) is 17.0. The van der Waals surface area contributed by atoms with Crippen molar-refractivity contribution < 1.29 is 5.11 Å². The Kier molecular flexibility index (Phi) is 2.91. The fourth-order valence-electron chi connectivity index (χ4n) is 2.31. The predicted octanol–water partition coefficient (Wildman–Crippen LogP) is 1.62. The molecule has 5 nitrogen and oxygen atoms in total. The zero-order valence-electron chi connectivity index (χ0n) is 10.5. The lowest BCUT2D eigenvalue weighted by Crippen LogP contribution is -2.08. The highest BCUT2D eigenvalue weighted by Gasteiger charge is 2.27. The van der Waals surface area contributed by atoms with Gasteiger partial charge in [0, 0.05) is 25.0 Å². The molecule has 1 fully saturated rings. The van der Waals surface area contributed by atoms with E-state index in [4.69, 9.17) is 0 Å². The van der Waals surface area contributed by atoms with Gasteiger partial charge < -0.3 is 9.67 Å². The van der Waals surface area contributed by atoms with Crippen molar-refractivity contribution in [3.8, 4) is 0 Å². The average molecular weight is 246 g/mol. The molecule has 1 aliphatic carbocycles. The monoisotopic (exact) mass is 246 g/mol. The lowest BCUT2D eigenvalue weighted by Gasteiger charge is -2.13. The van der Waals surface area contributed by atoms with Gasteiger partial charge in [0.25, 0.3) is 0 Å². The molecule has 0 aromatic carbocycles. The zero-order valence-corrected chi connectivity index (χ0v) is 10.5. The Hall–Kier alpha value is -1.62. The van der Waals surface area contributed by atoms with Crippen LogP contribution in [-0.2, 0) is 13.5 Å². The van der Waals surface area contributed by atoms with E-state index in [0.29, 0.717) is 12.5 Å². The molecule has 18 heavy (non-hydrogen) atoms. The Morgan fingerprint density at radius 1 is 1.50 bits per heavy atom. The van der Waals surface area contributed by atoms with Crippen LogP contribution in [0, 0.1) is 0 Å². The first kappa shape index (κ1) is 11.5. The van der Waals surface area contributed by atoms with Gasteiger partial charge >= 0.3 is 0 Å². The third kappa shape index (κ3) is 2.18. The molecule has 2 heterocycles. The molecule has 96 valence electrons. The highest BCUT2D eigenvalue weighted by molar-refractivity contribution is 5.08. The van der Waals surface area contributed by atoms with Gasteiger partial charge in [-0.1, -0.05) is 0 Å². The molecule has 0 amide bonds. The maximum atomic E-state index is 10.3. The summed E-state index contributed by atoms with van der Waals surface area (Å²) in [6.45, 7) is 0. The van der Waals surface area contributed by atoms with Crippen molar-refractivity contribution in [3.63, 3.8) is 0 Å². The molecule has 0 spiro atoms. The molecular weight excluding hydrogens is 228 g/mol. The molecule has 2 aromatic heterocycles. The van der Waals surface area contributed by atoms with Crippen LogP contribution in [0.4, 0.5) is 0 Å². The zero-order chi connectivity index (χ0) is 12.5. The molecule has 0 saturated heterocycles. The van der Waals surface area contributed by atoms with Gasteiger partial charge in [0.1, 0.15) is 0 Å². The average Bonchev–Trinajstić information content (AvgIpc) is 2.95. The summed E-state index contributed by atoms with van der Waals surface area (Å²) in [6.07, 6.45) is 8.91. The SMILES string of the molecule is Cn1nccc1CCC(O)c1cncn1C1CC1. The first-order valence-corrected chi connectivity index (χ1v) is 6.42. The van der Waals surface area contributed by atoms with Gasteiger partial charge in [-0.25, -0.2) is 4.98 Å². The van der Waals surface area contributed by atoms with Gasteiger partial charge in [-0.3, -0.25) is 4.68 Å². The van der Waals surface area contributed by atoms with Crippen LogP contribution in [0.25, 0.3) is 0 Å². The number of hydrogen-bond acceptors (Lipinski definition) is 3. The van der Waals surface area contributed by atoms with Gasteiger partial charge in [-0.05, 0) is 31.7 Å². The van der Waals surface area contributed by atoms with E-state index in [1.165, 1.54) is 12.8 Å². The van der Waals surface area contributed by atoms with E-state index in [9.17, 15) is 5.11 Å². The van der Waals surface area contributed by atoms with Crippen LogP contribution in [0.1, 0.15) is 42.8 Å². The van der Waals surface area contributed by atoms with Crippen LogP contribution in [0.5, 0.6) is 0 Å². The van der Waals surface area contributed by atoms with E-state index in [-0.39, 0.29) is 0 Å². The summed E-state index contributed by atoms with van der Waals surface area (Å²) in [5, 5.41) is 14.4. The van der Waals surface area contributed by atoms with Crippen molar-refractivity contribution >= 4 is 0 Å². The van der Waals surface area contributed by atoms with Gasteiger partial charge in [-0.2, -0.15) is 5.10 Å². The minimum Gasteiger partial charge on any atom is -0.387 e. The molecule has 1 unspecified atom stereocenters. The van der Waals surface area contributed by atoms with Crippen molar-refractivity contribution in [2.45, 2.75) is 37.8 Å². The maximum absolute atomic E-state index is 10.3. The lowest BCUT2D eigenvalue weighted by atomic mass is 10.1. The minimum absolute atomic E-state index is 0.442. The number of aromatic nitrogens is 4. The largest absolute Gasteiger partial charge is 0.387 e. The van der Waals surface area contributed by atoms with Crippen LogP contribution >= 0.6 is 0 Å². The molecule has 1 aliphatic rings. The molecule has 1 atom stereocenters. The Balaban J connectivity index is 1.65. The first-order chi connectivity index (χ1) is 8.75. The molecule has 0 aliphatic heterocycles. The van der Waals surface area contributed by atoms with Crippen LogP contribution < -0.4 is 0 Å². The van der Waals surface area contributed by atoms with Crippen molar-refractivity contribution in [3.05, 3.63) is 36.2 Å². The maximum Gasteiger partial charge on any atom is 0.0959 e. The summed E-state index contributed by atoms with van der Waals surface area (Å²) in [7, 11) is 1.93. The molecule has 1 saturated carbocycles. The van der Waals surface area contributed by atoms with Crippen LogP contribution in [0.15, 0.2) is 24.8 Å². The fourth-order valence-corrected chi connectivity index (χ4v) is 2.31. The highest BCUT2D eigenvalue weighted by atomic mass is 16.3. The summed E-state index contributed by atoms with van der Waals surface area (Å²) in [4.78, 5) is 4.15. The Bertz CT molecular complexity index is 527. The lowest BCUT2D eigenvalue weighted by molar-refractivity contribution is 0.157. The molecule has 0 bridgehead atoms. The van der Waals surface area contributed by atoms with Crippen molar-refractivity contribution in [2.75, 3.05) is 0 Å². The number of aliphatic hydroxyl groups is 1. The topological polar surface area (TPSA) is 55.9 Å². The smallest absolute Gasteiger partial charge is 0.0959 e. The summed E-state index contributed by atoms with van der Waals surface area (Å²) < 4.78 is 3.97. The third-order valence-corrected chi connectivity index (χ3v) is 3.57. The van der Waals surface area contributed by atoms with Crippen LogP contribution in [0.2, 0.25) is 0 Å². The summed E-state index contributed by atoms with van der Waals surface area (Å²) in [5.74, 6) is 0. The molecule has 3 rings (SSSR count). The summed E-state index contributed by atoms with van der Waals surface area (Å²) in [5.41, 5.74) is 2.09. The predicted molar refractivity (Wildman–Crippen MR) is 67.0 cm³/mol. The van der Waals surface area contributed by atoms with E-state index in [1.54, 1.807) is 12.4 Å². The number of imidazole rings is 1. The van der Waals surface area contributed by atoms with E-state index in [0.717, 1.165) is 17.8 Å². The standard InChI is InChI=1S/C13H18N4O/c1-16-10(6-7-15-16)4-5-13(18)12-8-14-9-17(12)11-2-3-11/h6-9,11,13,18H,2-5H2,1H3. The van der Waals surface area contributed by atoms with Gasteiger partial charge in [0.15, 0.2) is 0 Å². The quantitative estimate of drug-likeness (QED) is 0.872. The number of aryl methyl sites for hydroxylation is 2. The molecule has 5 heteroatoms. The Morgan fingerprint density at radius 2 is 2.33 bits per heavy atom. The summed E-state index contributed by atoms with van der Waals surface area (Å²) in [6, 6.07) is 2.55. The molecule has 2 aromatic rings. The van der Waals surface area contributed by atoms with Crippen molar-refractivity contribution in [1.82, 2.24) is 19.3 Å². The molecule has 0 radical (unpaired) electrons. The summed E-state index contributed by atoms with van der Waals surface area (Å²) >= 11 is 0. The van der Waals surface area contributed by atoms with Crippen molar-refractivity contribution in [1.29, 1.82) is 0 Å². The number of aliphatic hydroxyl groups excluding tert-OH is 1. The first-order valence-electron chi connectivity index (χ1n) is 6.42.